The molecule has 0 atom stereocenters. The van der Waals surface area contributed by atoms with E-state index in [-0.39, 0.29) is 11.9 Å². The van der Waals surface area contributed by atoms with Crippen LogP contribution in [0.1, 0.15) is 19.7 Å². The molecule has 0 saturated carbocycles. The maximum Gasteiger partial charge on any atom is 0.230 e. The zero-order chi connectivity index (χ0) is 17.5. The first-order valence-electron chi connectivity index (χ1n) is 7.57. The molecule has 0 saturated heterocycles. The lowest BCUT2D eigenvalue weighted by atomic mass is 10.3. The van der Waals surface area contributed by atoms with Crippen molar-refractivity contribution in [2.24, 2.45) is 7.05 Å². The minimum atomic E-state index is -0.0194. The van der Waals surface area contributed by atoms with Crippen molar-refractivity contribution < 1.29 is 14.3 Å². The van der Waals surface area contributed by atoms with Crippen LogP contribution in [-0.4, -0.2) is 39.6 Å². The summed E-state index contributed by atoms with van der Waals surface area (Å²) in [4.78, 5) is 11.7. The number of hydrogen-bond donors (Lipinski definition) is 1. The fourth-order valence-electron chi connectivity index (χ4n) is 1.91. The van der Waals surface area contributed by atoms with Crippen LogP contribution in [0.2, 0.25) is 0 Å². The third kappa shape index (κ3) is 5.16. The number of hydrogen-bond acceptors (Lipinski definition) is 6. The predicted molar refractivity (Wildman–Crippen MR) is 92.3 cm³/mol. The molecule has 1 heterocycles. The van der Waals surface area contributed by atoms with Gasteiger partial charge in [-0.05, 0) is 38.1 Å². The van der Waals surface area contributed by atoms with E-state index in [9.17, 15) is 4.79 Å². The van der Waals surface area contributed by atoms with Gasteiger partial charge in [-0.25, -0.2) is 0 Å². The third-order valence-corrected chi connectivity index (χ3v) is 4.15. The standard InChI is InChI=1S/C16H22N4O3S/c1-11(2)17-15(21)10-24-16-19-18-14(20(16)3)9-23-13-7-5-12(22-4)6-8-13/h5-8,11H,9-10H2,1-4H3,(H,17,21). The van der Waals surface area contributed by atoms with Crippen LogP contribution >= 0.6 is 11.8 Å². The van der Waals surface area contributed by atoms with E-state index in [2.05, 4.69) is 15.5 Å². The smallest absolute Gasteiger partial charge is 0.230 e. The summed E-state index contributed by atoms with van der Waals surface area (Å²) in [6.07, 6.45) is 0. The van der Waals surface area contributed by atoms with Crippen molar-refractivity contribution in [3.05, 3.63) is 30.1 Å². The number of carbonyl (C=O) groups is 1. The first-order valence-corrected chi connectivity index (χ1v) is 8.55. The minimum Gasteiger partial charge on any atom is -0.497 e. The molecule has 24 heavy (non-hydrogen) atoms. The number of thioether (sulfide) groups is 1. The lowest BCUT2D eigenvalue weighted by Crippen LogP contribution is -2.31. The number of rotatable bonds is 8. The van der Waals surface area contributed by atoms with Gasteiger partial charge < -0.3 is 19.4 Å². The highest BCUT2D eigenvalue weighted by molar-refractivity contribution is 7.99. The highest BCUT2D eigenvalue weighted by Gasteiger charge is 2.12. The topological polar surface area (TPSA) is 78.3 Å². The van der Waals surface area contributed by atoms with Crippen LogP contribution in [0.4, 0.5) is 0 Å². The number of nitrogens with one attached hydrogen (secondary N) is 1. The Balaban J connectivity index is 1.88. The summed E-state index contributed by atoms with van der Waals surface area (Å²) >= 11 is 1.35. The fourth-order valence-corrected chi connectivity index (χ4v) is 2.65. The Hall–Kier alpha value is -2.22. The molecule has 0 radical (unpaired) electrons. The normalized spacial score (nSPS) is 10.7. The van der Waals surface area contributed by atoms with Crippen LogP contribution < -0.4 is 14.8 Å². The van der Waals surface area contributed by atoms with Crippen LogP contribution in [0, 0.1) is 0 Å². The summed E-state index contributed by atoms with van der Waals surface area (Å²) in [5, 5.41) is 11.7. The van der Waals surface area contributed by atoms with Crippen molar-refractivity contribution in [2.75, 3.05) is 12.9 Å². The number of methoxy groups -OCH3 is 1. The van der Waals surface area contributed by atoms with Gasteiger partial charge in [0.15, 0.2) is 11.0 Å². The average Bonchev–Trinajstić information content (AvgIpc) is 2.91. The second-order valence-corrected chi connectivity index (χ2v) is 6.38. The largest absolute Gasteiger partial charge is 0.497 e. The third-order valence-electron chi connectivity index (χ3n) is 3.13. The molecule has 0 aliphatic heterocycles. The molecule has 7 nitrogen and oxygen atoms in total. The fraction of sp³-hybridized carbons (Fsp3) is 0.438. The van der Waals surface area contributed by atoms with E-state index >= 15 is 0 Å². The van der Waals surface area contributed by atoms with Crippen LogP contribution in [-0.2, 0) is 18.4 Å². The highest BCUT2D eigenvalue weighted by Crippen LogP contribution is 2.19. The lowest BCUT2D eigenvalue weighted by molar-refractivity contribution is -0.119. The van der Waals surface area contributed by atoms with Crippen molar-refractivity contribution in [1.29, 1.82) is 0 Å². The van der Waals surface area contributed by atoms with Crippen molar-refractivity contribution in [2.45, 2.75) is 31.7 Å². The van der Waals surface area contributed by atoms with E-state index in [0.717, 1.165) is 11.5 Å². The van der Waals surface area contributed by atoms with Crippen LogP contribution in [0.15, 0.2) is 29.4 Å². The maximum atomic E-state index is 11.7. The SMILES string of the molecule is COc1ccc(OCc2nnc(SCC(=O)NC(C)C)n2C)cc1. The van der Waals surface area contributed by atoms with E-state index in [0.29, 0.717) is 23.3 Å². The van der Waals surface area contributed by atoms with Crippen LogP contribution in [0.3, 0.4) is 0 Å². The average molecular weight is 350 g/mol. The quantitative estimate of drug-likeness (QED) is 0.734. The first-order chi connectivity index (χ1) is 11.5. The molecule has 1 aromatic carbocycles. The molecule has 2 aromatic rings. The van der Waals surface area contributed by atoms with E-state index < -0.39 is 0 Å². The summed E-state index contributed by atoms with van der Waals surface area (Å²) in [6, 6.07) is 7.47. The van der Waals surface area contributed by atoms with Gasteiger partial charge in [0.2, 0.25) is 5.91 Å². The molecule has 0 aliphatic rings. The predicted octanol–water partition coefficient (Wildman–Crippen LogP) is 2.02. The van der Waals surface area contributed by atoms with E-state index in [1.807, 2.05) is 49.7 Å². The van der Waals surface area contributed by atoms with Crippen LogP contribution in [0.5, 0.6) is 11.5 Å². The van der Waals surface area contributed by atoms with Crippen LogP contribution in [0.25, 0.3) is 0 Å². The Morgan fingerprint density at radius 2 is 1.92 bits per heavy atom. The van der Waals surface area contributed by atoms with Crippen molar-refractivity contribution in [3.63, 3.8) is 0 Å². The van der Waals surface area contributed by atoms with Crippen molar-refractivity contribution in [1.82, 2.24) is 20.1 Å². The zero-order valence-electron chi connectivity index (χ0n) is 14.3. The van der Waals surface area contributed by atoms with Crippen molar-refractivity contribution >= 4 is 17.7 Å². The van der Waals surface area contributed by atoms with Gasteiger partial charge in [-0.1, -0.05) is 11.8 Å². The van der Waals surface area contributed by atoms with Gasteiger partial charge in [0, 0.05) is 13.1 Å². The van der Waals surface area contributed by atoms with E-state index in [4.69, 9.17) is 9.47 Å². The lowest BCUT2D eigenvalue weighted by Gasteiger charge is -2.08. The molecule has 1 amide bonds. The molecule has 0 fully saturated rings. The molecular weight excluding hydrogens is 328 g/mol. The first kappa shape index (κ1) is 18.1. The molecule has 1 N–H and O–H groups in total. The summed E-state index contributed by atoms with van der Waals surface area (Å²) in [6.45, 7) is 4.16. The monoisotopic (exact) mass is 350 g/mol. The Bertz CT molecular complexity index is 670. The Labute approximate surface area is 145 Å². The maximum absolute atomic E-state index is 11.7. The van der Waals surface area contributed by atoms with Gasteiger partial charge >= 0.3 is 0 Å². The molecule has 130 valence electrons. The number of nitrogens with zero attached hydrogens (tertiary/aromatic N) is 3. The summed E-state index contributed by atoms with van der Waals surface area (Å²) < 4.78 is 12.6. The van der Waals surface area contributed by atoms with Gasteiger partial charge in [-0.3, -0.25) is 4.79 Å². The van der Waals surface area contributed by atoms with E-state index in [1.165, 1.54) is 11.8 Å². The second-order valence-electron chi connectivity index (χ2n) is 5.43. The number of ether oxygens (including phenoxy) is 2. The molecule has 0 bridgehead atoms. The Kier molecular flexibility index (Phi) is 6.48. The summed E-state index contributed by atoms with van der Waals surface area (Å²) in [5.74, 6) is 2.49. The summed E-state index contributed by atoms with van der Waals surface area (Å²) in [5.41, 5.74) is 0. The molecule has 0 spiro atoms. The molecule has 0 aliphatic carbocycles. The molecular formula is C16H22N4O3S. The number of carbonyl (C=O) groups excluding carboxylic acids is 1. The Morgan fingerprint density at radius 3 is 2.54 bits per heavy atom. The number of amides is 1. The molecule has 8 heteroatoms. The number of aromatic nitrogens is 3. The minimum absolute atomic E-state index is 0.0194. The van der Waals surface area contributed by atoms with Gasteiger partial charge in [0.05, 0.1) is 12.9 Å². The highest BCUT2D eigenvalue weighted by atomic mass is 32.2. The Morgan fingerprint density at radius 1 is 1.25 bits per heavy atom. The zero-order valence-corrected chi connectivity index (χ0v) is 15.1. The van der Waals surface area contributed by atoms with Gasteiger partial charge in [0.1, 0.15) is 18.1 Å². The summed E-state index contributed by atoms with van der Waals surface area (Å²) in [7, 11) is 3.48. The molecule has 2 rings (SSSR count). The van der Waals surface area contributed by atoms with Gasteiger partial charge in [-0.15, -0.1) is 10.2 Å². The molecule has 0 unspecified atom stereocenters. The van der Waals surface area contributed by atoms with Crippen molar-refractivity contribution in [3.8, 4) is 11.5 Å². The van der Waals surface area contributed by atoms with E-state index in [1.54, 1.807) is 7.11 Å². The second kappa shape index (κ2) is 8.58. The van der Waals surface area contributed by atoms with Gasteiger partial charge in [-0.2, -0.15) is 0 Å². The van der Waals surface area contributed by atoms with Gasteiger partial charge in [0.25, 0.3) is 0 Å². The number of benzene rings is 1. The molecule has 1 aromatic heterocycles.